The van der Waals surface area contributed by atoms with Crippen molar-refractivity contribution in [1.82, 2.24) is 4.90 Å². The summed E-state index contributed by atoms with van der Waals surface area (Å²) in [6.07, 6.45) is 7.27. The fourth-order valence-corrected chi connectivity index (χ4v) is 5.57. The number of ether oxygens (including phenoxy) is 1. The maximum Gasteiger partial charge on any atom is 0.321 e. The van der Waals surface area contributed by atoms with Crippen LogP contribution in [0.15, 0.2) is 48.5 Å². The SMILES string of the molecule is CCCCCCCN(CCc1ccc(CC(SC(C)C)C(=O)OCC)cc1)C(=O)Nc1ccc(C(C)C)cc1. The van der Waals surface area contributed by atoms with Gasteiger partial charge in [-0.25, -0.2) is 4.79 Å². The predicted molar refractivity (Wildman–Crippen MR) is 167 cm³/mol. The topological polar surface area (TPSA) is 58.6 Å². The van der Waals surface area contributed by atoms with Gasteiger partial charge in [-0.05, 0) is 66.2 Å². The molecule has 1 unspecified atom stereocenters. The molecular formula is C33H50N2O3S. The summed E-state index contributed by atoms with van der Waals surface area (Å²) in [4.78, 5) is 27.6. The number of nitrogens with zero attached hydrogens (tertiary/aromatic N) is 1. The summed E-state index contributed by atoms with van der Waals surface area (Å²) in [6.45, 7) is 14.4. The van der Waals surface area contributed by atoms with Crippen LogP contribution in [-0.2, 0) is 22.4 Å². The van der Waals surface area contributed by atoms with Gasteiger partial charge in [-0.2, -0.15) is 0 Å². The third-order valence-corrected chi connectivity index (χ3v) is 7.98. The van der Waals surface area contributed by atoms with Crippen molar-refractivity contribution in [3.05, 3.63) is 65.2 Å². The van der Waals surface area contributed by atoms with E-state index in [4.69, 9.17) is 4.74 Å². The van der Waals surface area contributed by atoms with Gasteiger partial charge in [-0.1, -0.05) is 96.7 Å². The van der Waals surface area contributed by atoms with Gasteiger partial charge in [0.15, 0.2) is 0 Å². The second-order valence-electron chi connectivity index (χ2n) is 10.8. The molecule has 0 spiro atoms. The summed E-state index contributed by atoms with van der Waals surface area (Å²) in [5.41, 5.74) is 4.41. The van der Waals surface area contributed by atoms with E-state index in [9.17, 15) is 9.59 Å². The Morgan fingerprint density at radius 2 is 1.49 bits per heavy atom. The molecule has 0 aliphatic rings. The lowest BCUT2D eigenvalue weighted by Gasteiger charge is -2.23. The first-order valence-corrected chi connectivity index (χ1v) is 15.7. The number of nitrogens with one attached hydrogen (secondary N) is 1. The van der Waals surface area contributed by atoms with Gasteiger partial charge < -0.3 is 15.0 Å². The second-order valence-corrected chi connectivity index (χ2v) is 12.6. The molecule has 5 nitrogen and oxygen atoms in total. The van der Waals surface area contributed by atoms with E-state index in [0.29, 0.717) is 30.7 Å². The van der Waals surface area contributed by atoms with Crippen LogP contribution in [0.25, 0.3) is 0 Å². The van der Waals surface area contributed by atoms with Crippen molar-refractivity contribution in [2.75, 3.05) is 25.0 Å². The van der Waals surface area contributed by atoms with Crippen LogP contribution in [0.1, 0.15) is 96.3 Å². The van der Waals surface area contributed by atoms with Crippen LogP contribution in [0.4, 0.5) is 10.5 Å². The smallest absolute Gasteiger partial charge is 0.321 e. The predicted octanol–water partition coefficient (Wildman–Crippen LogP) is 8.47. The van der Waals surface area contributed by atoms with Crippen LogP contribution in [0.3, 0.4) is 0 Å². The first kappa shape index (κ1) is 32.7. The Morgan fingerprint density at radius 1 is 0.846 bits per heavy atom. The number of hydrogen-bond donors (Lipinski definition) is 1. The molecule has 216 valence electrons. The Labute approximate surface area is 241 Å². The summed E-state index contributed by atoms with van der Waals surface area (Å²) in [6, 6.07) is 16.6. The average Bonchev–Trinajstić information content (AvgIpc) is 2.90. The molecule has 1 atom stereocenters. The number of amides is 2. The van der Waals surface area contributed by atoms with Crippen LogP contribution < -0.4 is 5.32 Å². The van der Waals surface area contributed by atoms with Crippen LogP contribution in [-0.4, -0.2) is 47.1 Å². The standard InChI is InChI=1S/C33H50N2O3S/c1-7-9-10-11-12-22-35(33(37)34-30-19-17-29(18-20-30)25(3)4)23-21-27-13-15-28(16-14-27)24-31(39-26(5)6)32(36)38-8-2/h13-20,25-26,31H,7-12,21-24H2,1-6H3,(H,34,37). The van der Waals surface area contributed by atoms with Gasteiger partial charge in [0.2, 0.25) is 0 Å². The molecular weight excluding hydrogens is 504 g/mol. The number of urea groups is 1. The van der Waals surface area contributed by atoms with Gasteiger partial charge in [-0.3, -0.25) is 4.79 Å². The molecule has 0 radical (unpaired) electrons. The third-order valence-electron chi connectivity index (χ3n) is 6.75. The first-order chi connectivity index (χ1) is 18.7. The lowest BCUT2D eigenvalue weighted by Crippen LogP contribution is -2.37. The molecule has 1 N–H and O–H groups in total. The Morgan fingerprint density at radius 3 is 2.08 bits per heavy atom. The highest BCUT2D eigenvalue weighted by atomic mass is 32.2. The molecule has 39 heavy (non-hydrogen) atoms. The monoisotopic (exact) mass is 554 g/mol. The number of hydrogen-bond acceptors (Lipinski definition) is 4. The molecule has 0 aromatic heterocycles. The van der Waals surface area contributed by atoms with Crippen molar-refractivity contribution in [2.24, 2.45) is 0 Å². The van der Waals surface area contributed by atoms with Gasteiger partial charge in [0.25, 0.3) is 0 Å². The molecule has 2 aromatic carbocycles. The van der Waals surface area contributed by atoms with E-state index >= 15 is 0 Å². The minimum atomic E-state index is -0.197. The Kier molecular flexibility index (Phi) is 15.1. The van der Waals surface area contributed by atoms with E-state index in [2.05, 4.69) is 76.3 Å². The highest BCUT2D eigenvalue weighted by molar-refractivity contribution is 8.01. The van der Waals surface area contributed by atoms with Crippen molar-refractivity contribution in [3.63, 3.8) is 0 Å². The highest BCUT2D eigenvalue weighted by Gasteiger charge is 2.22. The number of anilines is 1. The van der Waals surface area contributed by atoms with Crippen LogP contribution in [0.2, 0.25) is 0 Å². The summed E-state index contributed by atoms with van der Waals surface area (Å²) in [7, 11) is 0. The molecule has 0 fully saturated rings. The van der Waals surface area contributed by atoms with E-state index in [1.807, 2.05) is 24.0 Å². The lowest BCUT2D eigenvalue weighted by atomic mass is 10.0. The zero-order chi connectivity index (χ0) is 28.6. The summed E-state index contributed by atoms with van der Waals surface area (Å²) in [5.74, 6) is 0.325. The highest BCUT2D eigenvalue weighted by Crippen LogP contribution is 2.23. The largest absolute Gasteiger partial charge is 0.465 e. The first-order valence-electron chi connectivity index (χ1n) is 14.8. The average molecular weight is 555 g/mol. The van der Waals surface area contributed by atoms with Crippen molar-refractivity contribution in [2.45, 2.75) is 103 Å². The van der Waals surface area contributed by atoms with Gasteiger partial charge in [0.1, 0.15) is 5.25 Å². The van der Waals surface area contributed by atoms with Gasteiger partial charge in [-0.15, -0.1) is 11.8 Å². The normalized spacial score (nSPS) is 12.0. The Bertz CT molecular complexity index is 973. The zero-order valence-corrected chi connectivity index (χ0v) is 25.8. The maximum absolute atomic E-state index is 13.2. The lowest BCUT2D eigenvalue weighted by molar-refractivity contribution is -0.142. The van der Waals surface area contributed by atoms with Gasteiger partial charge in [0.05, 0.1) is 6.61 Å². The Balaban J connectivity index is 2.00. The zero-order valence-electron chi connectivity index (χ0n) is 25.0. The van der Waals surface area contributed by atoms with Crippen LogP contribution >= 0.6 is 11.8 Å². The molecule has 2 aromatic rings. The molecule has 0 saturated heterocycles. The number of esters is 1. The fraction of sp³-hybridized carbons (Fsp3) is 0.576. The van der Waals surface area contributed by atoms with Gasteiger partial charge in [0, 0.05) is 18.8 Å². The third kappa shape index (κ3) is 12.5. The molecule has 0 aliphatic carbocycles. The number of rotatable bonds is 17. The van der Waals surface area contributed by atoms with E-state index < -0.39 is 0 Å². The van der Waals surface area contributed by atoms with Crippen molar-refractivity contribution < 1.29 is 14.3 Å². The Hall–Kier alpha value is -2.47. The fourth-order valence-electron chi connectivity index (χ4n) is 4.45. The summed E-state index contributed by atoms with van der Waals surface area (Å²) in [5, 5.41) is 3.26. The second kappa shape index (κ2) is 18.0. The molecule has 0 aliphatic heterocycles. The molecule has 2 rings (SSSR count). The van der Waals surface area contributed by atoms with E-state index in [-0.39, 0.29) is 17.3 Å². The van der Waals surface area contributed by atoms with Gasteiger partial charge >= 0.3 is 12.0 Å². The molecule has 2 amide bonds. The minimum absolute atomic E-state index is 0.0394. The number of unbranched alkanes of at least 4 members (excludes halogenated alkanes) is 4. The van der Waals surface area contributed by atoms with Crippen molar-refractivity contribution in [3.8, 4) is 0 Å². The number of benzene rings is 2. The van der Waals surface area contributed by atoms with E-state index in [1.54, 1.807) is 11.8 Å². The molecule has 6 heteroatoms. The molecule has 0 heterocycles. The summed E-state index contributed by atoms with van der Waals surface area (Å²) < 4.78 is 5.30. The number of carbonyl (C=O) groups excluding carboxylic acids is 2. The van der Waals surface area contributed by atoms with Crippen molar-refractivity contribution in [1.29, 1.82) is 0 Å². The molecule has 0 bridgehead atoms. The van der Waals surface area contributed by atoms with E-state index in [1.165, 1.54) is 30.4 Å². The number of carbonyl (C=O) groups is 2. The van der Waals surface area contributed by atoms with E-state index in [0.717, 1.165) is 37.1 Å². The minimum Gasteiger partial charge on any atom is -0.465 e. The van der Waals surface area contributed by atoms with Crippen molar-refractivity contribution >= 4 is 29.4 Å². The van der Waals surface area contributed by atoms with Crippen LogP contribution in [0, 0.1) is 0 Å². The molecule has 0 saturated carbocycles. The number of thioether (sulfide) groups is 1. The van der Waals surface area contributed by atoms with Crippen LogP contribution in [0.5, 0.6) is 0 Å². The summed E-state index contributed by atoms with van der Waals surface area (Å²) >= 11 is 1.65. The quantitative estimate of drug-likeness (QED) is 0.157. The maximum atomic E-state index is 13.2.